The van der Waals surface area contributed by atoms with E-state index in [0.717, 1.165) is 61.4 Å². The summed E-state index contributed by atoms with van der Waals surface area (Å²) in [5.41, 5.74) is 3.24. The lowest BCUT2D eigenvalue weighted by Crippen LogP contribution is -2.35. The van der Waals surface area contributed by atoms with Gasteiger partial charge in [0, 0.05) is 24.1 Å². The van der Waals surface area contributed by atoms with Crippen molar-refractivity contribution in [3.8, 4) is 11.5 Å². The molecular formula is C32H31ClFN3O5. The Morgan fingerprint density at radius 1 is 1.12 bits per heavy atom. The predicted octanol–water partition coefficient (Wildman–Crippen LogP) is 6.34. The molecule has 0 spiro atoms. The lowest BCUT2D eigenvalue weighted by atomic mass is 9.88. The lowest BCUT2D eigenvalue weighted by molar-refractivity contribution is -0.0712. The van der Waals surface area contributed by atoms with E-state index in [2.05, 4.69) is 15.5 Å². The summed E-state index contributed by atoms with van der Waals surface area (Å²) in [5, 5.41) is 9.85. The number of aromatic carboxylic acids is 1. The Hall–Kier alpha value is -3.66. The number of carbonyl (C=O) groups is 1. The zero-order chi connectivity index (χ0) is 29.0. The minimum atomic E-state index is -1.28. The third-order valence-corrected chi connectivity index (χ3v) is 8.91. The number of rotatable bonds is 7. The van der Waals surface area contributed by atoms with Gasteiger partial charge in [0.15, 0.2) is 11.5 Å². The summed E-state index contributed by atoms with van der Waals surface area (Å²) in [6.07, 6.45) is 2.94. The van der Waals surface area contributed by atoms with Crippen molar-refractivity contribution in [3.05, 3.63) is 88.0 Å². The quantitative estimate of drug-likeness (QED) is 0.268. The van der Waals surface area contributed by atoms with Crippen LogP contribution in [0, 0.1) is 5.82 Å². The molecule has 3 aromatic carbocycles. The number of imidazole rings is 1. The molecule has 7 rings (SSSR count). The van der Waals surface area contributed by atoms with E-state index in [-0.39, 0.29) is 17.6 Å². The van der Waals surface area contributed by atoms with Gasteiger partial charge in [0.1, 0.15) is 11.6 Å². The van der Waals surface area contributed by atoms with Gasteiger partial charge in [0.05, 0.1) is 41.4 Å². The number of aromatic nitrogens is 2. The maximum absolute atomic E-state index is 14.8. The molecule has 2 atom stereocenters. The molecule has 4 aromatic rings. The van der Waals surface area contributed by atoms with Crippen LogP contribution in [0.2, 0.25) is 5.02 Å². The van der Waals surface area contributed by atoms with Crippen molar-refractivity contribution < 1.29 is 28.5 Å². The number of carboxylic acid groups (broad SMARTS) is 1. The summed E-state index contributed by atoms with van der Waals surface area (Å²) >= 11 is 5.97. The highest BCUT2D eigenvalue weighted by Gasteiger charge is 2.43. The van der Waals surface area contributed by atoms with Crippen LogP contribution >= 0.6 is 11.6 Å². The first-order valence-corrected chi connectivity index (χ1v) is 14.7. The Kier molecular flexibility index (Phi) is 6.84. The van der Waals surface area contributed by atoms with Crippen molar-refractivity contribution in [1.82, 2.24) is 14.5 Å². The maximum atomic E-state index is 14.8. The minimum absolute atomic E-state index is 0.120. The molecule has 8 nitrogen and oxygen atoms in total. The van der Waals surface area contributed by atoms with E-state index in [1.807, 2.05) is 12.1 Å². The largest absolute Gasteiger partial charge is 0.478 e. The van der Waals surface area contributed by atoms with Gasteiger partial charge in [-0.2, -0.15) is 0 Å². The molecule has 1 unspecified atom stereocenters. The number of benzene rings is 3. The van der Waals surface area contributed by atoms with Crippen LogP contribution < -0.4 is 9.47 Å². The summed E-state index contributed by atoms with van der Waals surface area (Å²) in [6.45, 7) is 5.53. The SMILES string of the molecule is C[C@]1(c2ccc(Cl)cc2F)Oc2cccc(C3CCN(Cc4nc5ccc(C(=O)O)cc5n4CC4CCO4)CC3)c2O1. The number of ether oxygens (including phenoxy) is 3. The number of fused-ring (bicyclic) bond motifs is 2. The molecule has 3 aliphatic heterocycles. The zero-order valence-electron chi connectivity index (χ0n) is 23.2. The number of piperidine rings is 1. The topological polar surface area (TPSA) is 86.1 Å². The number of nitrogens with zero attached hydrogens (tertiary/aromatic N) is 3. The molecule has 10 heteroatoms. The van der Waals surface area contributed by atoms with Crippen LogP contribution in [0.3, 0.4) is 0 Å². The fraction of sp³-hybridized carbons (Fsp3) is 0.375. The molecule has 3 aliphatic rings. The average Bonchev–Trinajstić information content (AvgIpc) is 3.47. The third kappa shape index (κ3) is 4.89. The van der Waals surface area contributed by atoms with E-state index in [9.17, 15) is 14.3 Å². The van der Waals surface area contributed by atoms with Crippen molar-refractivity contribution in [2.24, 2.45) is 0 Å². The minimum Gasteiger partial charge on any atom is -0.478 e. The van der Waals surface area contributed by atoms with Gasteiger partial charge in [0.2, 0.25) is 0 Å². The highest BCUT2D eigenvalue weighted by Crippen LogP contribution is 2.49. The van der Waals surface area contributed by atoms with Gasteiger partial charge in [-0.1, -0.05) is 23.7 Å². The molecular weight excluding hydrogens is 561 g/mol. The van der Waals surface area contributed by atoms with Gasteiger partial charge in [-0.15, -0.1) is 0 Å². The van der Waals surface area contributed by atoms with Crippen LogP contribution in [0.5, 0.6) is 11.5 Å². The third-order valence-electron chi connectivity index (χ3n) is 8.68. The van der Waals surface area contributed by atoms with Gasteiger partial charge in [0.25, 0.3) is 5.79 Å². The zero-order valence-corrected chi connectivity index (χ0v) is 23.9. The highest BCUT2D eigenvalue weighted by molar-refractivity contribution is 6.30. The normalized spacial score (nSPS) is 22.4. The van der Waals surface area contributed by atoms with Crippen LogP contribution in [0.25, 0.3) is 11.0 Å². The van der Waals surface area contributed by atoms with Gasteiger partial charge >= 0.3 is 5.97 Å². The predicted molar refractivity (Wildman–Crippen MR) is 155 cm³/mol. The smallest absolute Gasteiger partial charge is 0.335 e. The Morgan fingerprint density at radius 2 is 1.93 bits per heavy atom. The van der Waals surface area contributed by atoms with Crippen LogP contribution in [-0.2, 0) is 23.6 Å². The monoisotopic (exact) mass is 591 g/mol. The molecule has 1 N–H and O–H groups in total. The molecule has 0 amide bonds. The summed E-state index contributed by atoms with van der Waals surface area (Å²) in [6, 6.07) is 15.5. The lowest BCUT2D eigenvalue weighted by Gasteiger charge is -2.33. The van der Waals surface area contributed by atoms with Crippen molar-refractivity contribution in [2.75, 3.05) is 19.7 Å². The van der Waals surface area contributed by atoms with Crippen LogP contribution in [0.1, 0.15) is 59.4 Å². The second-order valence-corrected chi connectivity index (χ2v) is 11.9. The number of hydrogen-bond acceptors (Lipinski definition) is 6. The van der Waals surface area contributed by atoms with E-state index >= 15 is 0 Å². The highest BCUT2D eigenvalue weighted by atomic mass is 35.5. The molecule has 0 radical (unpaired) electrons. The number of halogens is 2. The fourth-order valence-electron chi connectivity index (χ4n) is 6.30. The summed E-state index contributed by atoms with van der Waals surface area (Å²) in [5.74, 6) is -0.242. The van der Waals surface area contributed by atoms with Crippen molar-refractivity contribution >= 4 is 28.6 Å². The van der Waals surface area contributed by atoms with Crippen LogP contribution in [-0.4, -0.2) is 51.3 Å². The average molecular weight is 592 g/mol. The Labute approximate surface area is 247 Å². The Morgan fingerprint density at radius 3 is 2.64 bits per heavy atom. The first-order chi connectivity index (χ1) is 20.3. The van der Waals surface area contributed by atoms with Crippen molar-refractivity contribution in [1.29, 1.82) is 0 Å². The Balaban J connectivity index is 1.08. The van der Waals surface area contributed by atoms with E-state index in [1.54, 1.807) is 37.3 Å². The van der Waals surface area contributed by atoms with Crippen LogP contribution in [0.15, 0.2) is 54.6 Å². The number of para-hydroxylation sites is 1. The van der Waals surface area contributed by atoms with Gasteiger partial charge in [-0.3, -0.25) is 4.90 Å². The molecule has 4 heterocycles. The molecule has 2 fully saturated rings. The van der Waals surface area contributed by atoms with Gasteiger partial charge in [-0.25, -0.2) is 14.2 Å². The number of hydrogen-bond donors (Lipinski definition) is 1. The van der Waals surface area contributed by atoms with Gasteiger partial charge in [-0.05, 0) is 80.7 Å². The molecule has 0 saturated carbocycles. The van der Waals surface area contributed by atoms with Crippen molar-refractivity contribution in [2.45, 2.75) is 57.1 Å². The Bertz CT molecular complexity index is 1680. The molecule has 0 bridgehead atoms. The van der Waals surface area contributed by atoms with E-state index < -0.39 is 17.6 Å². The molecule has 0 aliphatic carbocycles. The second-order valence-electron chi connectivity index (χ2n) is 11.4. The summed E-state index contributed by atoms with van der Waals surface area (Å²) in [4.78, 5) is 18.9. The van der Waals surface area contributed by atoms with E-state index in [4.69, 9.17) is 30.8 Å². The van der Waals surface area contributed by atoms with Gasteiger partial charge < -0.3 is 23.9 Å². The summed E-state index contributed by atoms with van der Waals surface area (Å²) in [7, 11) is 0. The second kappa shape index (κ2) is 10.6. The molecule has 2 saturated heterocycles. The maximum Gasteiger partial charge on any atom is 0.335 e. The first kappa shape index (κ1) is 27.2. The number of carboxylic acids is 1. The standard InChI is InChI=1S/C32H31ClFN3O5/c1-32(24-7-6-21(33)16-25(24)34)41-28-4-2-3-23(30(28)42-32)19-9-12-36(13-10-19)18-29-35-26-8-5-20(31(38)39)15-27(26)37(29)17-22-11-14-40-22/h2-8,15-16,19,22H,9-14,17-18H2,1H3,(H,38,39)/t22?,32-/m0/s1. The fourth-order valence-corrected chi connectivity index (χ4v) is 6.46. The van der Waals surface area contributed by atoms with Crippen molar-refractivity contribution in [3.63, 3.8) is 0 Å². The molecule has 218 valence electrons. The van der Waals surface area contributed by atoms with Crippen LogP contribution in [0.4, 0.5) is 4.39 Å². The molecule has 42 heavy (non-hydrogen) atoms. The summed E-state index contributed by atoms with van der Waals surface area (Å²) < 4.78 is 35.2. The van der Waals surface area contributed by atoms with E-state index in [0.29, 0.717) is 35.2 Å². The first-order valence-electron chi connectivity index (χ1n) is 14.3. The van der Waals surface area contributed by atoms with E-state index in [1.165, 1.54) is 6.07 Å². The molecule has 1 aromatic heterocycles. The number of likely N-dealkylation sites (tertiary alicyclic amines) is 1.